The predicted octanol–water partition coefficient (Wildman–Crippen LogP) is 2.77. The van der Waals surface area contributed by atoms with E-state index in [2.05, 4.69) is 35.0 Å². The molecule has 0 amide bonds. The van der Waals surface area contributed by atoms with Crippen molar-refractivity contribution in [2.24, 2.45) is 11.3 Å². The van der Waals surface area contributed by atoms with Crippen molar-refractivity contribution >= 4 is 0 Å². The molecule has 1 fully saturated rings. The SMILES string of the molecule is CCCn1ccnc1C(NN)C1(C)CCCCC1. The summed E-state index contributed by atoms with van der Waals surface area (Å²) in [5, 5.41) is 0. The Bertz CT molecular complexity index is 366. The molecule has 0 radical (unpaired) electrons. The summed E-state index contributed by atoms with van der Waals surface area (Å²) >= 11 is 0. The van der Waals surface area contributed by atoms with Crippen molar-refractivity contribution in [3.63, 3.8) is 0 Å². The highest BCUT2D eigenvalue weighted by molar-refractivity contribution is 5.06. The maximum atomic E-state index is 5.84. The van der Waals surface area contributed by atoms with E-state index in [1.807, 2.05) is 6.20 Å². The van der Waals surface area contributed by atoms with Gasteiger partial charge in [-0.05, 0) is 24.7 Å². The van der Waals surface area contributed by atoms with Crippen molar-refractivity contribution in [3.05, 3.63) is 18.2 Å². The molecule has 1 aliphatic rings. The first-order chi connectivity index (χ1) is 8.71. The lowest BCUT2D eigenvalue weighted by molar-refractivity contribution is 0.136. The minimum atomic E-state index is 0.166. The molecule has 0 saturated heterocycles. The zero-order valence-corrected chi connectivity index (χ0v) is 11.7. The number of rotatable bonds is 5. The average Bonchev–Trinajstić information content (AvgIpc) is 2.79. The highest BCUT2D eigenvalue weighted by Gasteiger charge is 2.38. The van der Waals surface area contributed by atoms with Crippen molar-refractivity contribution in [2.45, 2.75) is 65.0 Å². The van der Waals surface area contributed by atoms with Gasteiger partial charge in [-0.25, -0.2) is 10.4 Å². The van der Waals surface area contributed by atoms with Crippen LogP contribution in [0.5, 0.6) is 0 Å². The van der Waals surface area contributed by atoms with Gasteiger partial charge in [0.2, 0.25) is 0 Å². The second kappa shape index (κ2) is 5.85. The van der Waals surface area contributed by atoms with Crippen LogP contribution in [0.1, 0.15) is 64.2 Å². The van der Waals surface area contributed by atoms with Gasteiger partial charge < -0.3 is 4.57 Å². The Labute approximate surface area is 110 Å². The summed E-state index contributed by atoms with van der Waals surface area (Å²) in [5.74, 6) is 6.94. The monoisotopic (exact) mass is 250 g/mol. The fraction of sp³-hybridized carbons (Fsp3) is 0.786. The van der Waals surface area contributed by atoms with Gasteiger partial charge in [0.05, 0.1) is 6.04 Å². The first-order valence-electron chi connectivity index (χ1n) is 7.18. The van der Waals surface area contributed by atoms with E-state index in [1.165, 1.54) is 32.1 Å². The number of hydrogen-bond donors (Lipinski definition) is 2. The summed E-state index contributed by atoms with van der Waals surface area (Å²) in [5.41, 5.74) is 3.27. The molecule has 1 atom stereocenters. The molecule has 2 rings (SSSR count). The zero-order valence-electron chi connectivity index (χ0n) is 11.7. The molecule has 0 spiro atoms. The first-order valence-corrected chi connectivity index (χ1v) is 7.18. The summed E-state index contributed by atoms with van der Waals surface area (Å²) in [6.45, 7) is 5.56. The van der Waals surface area contributed by atoms with Crippen LogP contribution in [0.3, 0.4) is 0 Å². The van der Waals surface area contributed by atoms with Crippen molar-refractivity contribution in [1.82, 2.24) is 15.0 Å². The molecular weight excluding hydrogens is 224 g/mol. The van der Waals surface area contributed by atoms with E-state index in [0.29, 0.717) is 0 Å². The Morgan fingerprint density at radius 2 is 2.17 bits per heavy atom. The van der Waals surface area contributed by atoms with Crippen molar-refractivity contribution in [2.75, 3.05) is 0 Å². The van der Waals surface area contributed by atoms with E-state index in [1.54, 1.807) is 0 Å². The topological polar surface area (TPSA) is 55.9 Å². The van der Waals surface area contributed by atoms with E-state index in [4.69, 9.17) is 5.84 Å². The highest BCUT2D eigenvalue weighted by atomic mass is 15.3. The third-order valence-electron chi connectivity index (χ3n) is 4.33. The number of nitrogens with one attached hydrogen (secondary N) is 1. The van der Waals surface area contributed by atoms with Crippen LogP contribution in [-0.4, -0.2) is 9.55 Å². The van der Waals surface area contributed by atoms with E-state index in [9.17, 15) is 0 Å². The summed E-state index contributed by atoms with van der Waals surface area (Å²) in [6, 6.07) is 0.166. The molecule has 102 valence electrons. The van der Waals surface area contributed by atoms with Crippen LogP contribution in [0.2, 0.25) is 0 Å². The largest absolute Gasteiger partial charge is 0.334 e. The second-order valence-electron chi connectivity index (χ2n) is 5.79. The molecule has 4 heteroatoms. The lowest BCUT2D eigenvalue weighted by Crippen LogP contribution is -2.42. The Morgan fingerprint density at radius 3 is 2.78 bits per heavy atom. The molecule has 1 aliphatic carbocycles. The summed E-state index contributed by atoms with van der Waals surface area (Å²) < 4.78 is 2.24. The molecule has 1 aromatic heterocycles. The molecule has 0 aromatic carbocycles. The van der Waals surface area contributed by atoms with Gasteiger partial charge in [0, 0.05) is 18.9 Å². The molecule has 0 aliphatic heterocycles. The lowest BCUT2D eigenvalue weighted by atomic mass is 9.70. The molecule has 3 N–H and O–H groups in total. The first kappa shape index (κ1) is 13.6. The van der Waals surface area contributed by atoms with E-state index in [0.717, 1.165) is 18.8 Å². The normalized spacial score (nSPS) is 20.8. The fourth-order valence-corrected chi connectivity index (χ4v) is 3.25. The number of nitrogens with two attached hydrogens (primary N) is 1. The van der Waals surface area contributed by atoms with Crippen LogP contribution in [-0.2, 0) is 6.54 Å². The van der Waals surface area contributed by atoms with Crippen molar-refractivity contribution in [3.8, 4) is 0 Å². The van der Waals surface area contributed by atoms with E-state index < -0.39 is 0 Å². The average molecular weight is 250 g/mol. The number of aromatic nitrogens is 2. The highest BCUT2D eigenvalue weighted by Crippen LogP contribution is 2.44. The minimum Gasteiger partial charge on any atom is -0.334 e. The fourth-order valence-electron chi connectivity index (χ4n) is 3.25. The predicted molar refractivity (Wildman–Crippen MR) is 73.8 cm³/mol. The molecule has 0 bridgehead atoms. The Balaban J connectivity index is 2.23. The minimum absolute atomic E-state index is 0.166. The third kappa shape index (κ3) is 2.59. The Hall–Kier alpha value is -0.870. The van der Waals surface area contributed by atoms with Gasteiger partial charge in [-0.3, -0.25) is 5.84 Å². The molecular formula is C14H26N4. The summed E-state index contributed by atoms with van der Waals surface area (Å²) in [6.07, 6.45) is 11.5. The van der Waals surface area contributed by atoms with Gasteiger partial charge in [0.25, 0.3) is 0 Å². The van der Waals surface area contributed by atoms with Crippen molar-refractivity contribution in [1.29, 1.82) is 0 Å². The number of aryl methyl sites for hydroxylation is 1. The van der Waals surface area contributed by atoms with Crippen LogP contribution in [0.4, 0.5) is 0 Å². The smallest absolute Gasteiger partial charge is 0.127 e. The van der Waals surface area contributed by atoms with Crippen LogP contribution < -0.4 is 11.3 Å². The van der Waals surface area contributed by atoms with E-state index >= 15 is 0 Å². The van der Waals surface area contributed by atoms with Crippen molar-refractivity contribution < 1.29 is 0 Å². The standard InChI is InChI=1S/C14H26N4/c1-3-10-18-11-9-16-13(18)12(17-15)14(2)7-5-4-6-8-14/h9,11-12,17H,3-8,10,15H2,1-2H3. The van der Waals surface area contributed by atoms with Gasteiger partial charge >= 0.3 is 0 Å². The van der Waals surface area contributed by atoms with Gasteiger partial charge in [-0.1, -0.05) is 33.1 Å². The number of hydrazine groups is 1. The van der Waals surface area contributed by atoms with Gasteiger partial charge in [-0.2, -0.15) is 0 Å². The summed E-state index contributed by atoms with van der Waals surface area (Å²) in [7, 11) is 0. The van der Waals surface area contributed by atoms with Gasteiger partial charge in [0.1, 0.15) is 5.82 Å². The maximum Gasteiger partial charge on any atom is 0.127 e. The lowest BCUT2D eigenvalue weighted by Gasteiger charge is -2.40. The molecule has 4 nitrogen and oxygen atoms in total. The second-order valence-corrected chi connectivity index (χ2v) is 5.79. The Kier molecular flexibility index (Phi) is 4.40. The molecule has 1 unspecified atom stereocenters. The molecule has 1 saturated carbocycles. The van der Waals surface area contributed by atoms with Crippen LogP contribution in [0.15, 0.2) is 12.4 Å². The zero-order chi connectivity index (χ0) is 13.0. The maximum absolute atomic E-state index is 5.84. The van der Waals surface area contributed by atoms with E-state index in [-0.39, 0.29) is 11.5 Å². The van der Waals surface area contributed by atoms with Crippen LogP contribution in [0.25, 0.3) is 0 Å². The van der Waals surface area contributed by atoms with Crippen LogP contribution in [0, 0.1) is 5.41 Å². The quantitative estimate of drug-likeness (QED) is 0.624. The molecule has 1 aromatic rings. The number of imidazole rings is 1. The van der Waals surface area contributed by atoms with Crippen LogP contribution >= 0.6 is 0 Å². The van der Waals surface area contributed by atoms with Gasteiger partial charge in [-0.15, -0.1) is 0 Å². The third-order valence-corrected chi connectivity index (χ3v) is 4.33. The number of nitrogens with zero attached hydrogens (tertiary/aromatic N) is 2. The molecule has 1 heterocycles. The number of hydrogen-bond acceptors (Lipinski definition) is 3. The molecule has 18 heavy (non-hydrogen) atoms. The van der Waals surface area contributed by atoms with Gasteiger partial charge in [0.15, 0.2) is 0 Å². The summed E-state index contributed by atoms with van der Waals surface area (Å²) in [4.78, 5) is 4.55. The Morgan fingerprint density at radius 1 is 1.44 bits per heavy atom.